The normalized spacial score (nSPS) is 28.0. The minimum atomic E-state index is -3.02. The quantitative estimate of drug-likeness (QED) is 0.610. The molecule has 1 fully saturated rings. The van der Waals surface area contributed by atoms with Crippen LogP contribution in [0, 0.1) is 5.92 Å². The van der Waals surface area contributed by atoms with Gasteiger partial charge < -0.3 is 13.5 Å². The molecule has 1 aliphatic rings. The molecule has 2 rings (SSSR count). The van der Waals surface area contributed by atoms with Crippen LogP contribution in [-0.2, 0) is 9.45 Å². The molecule has 1 saturated heterocycles. The van der Waals surface area contributed by atoms with Crippen molar-refractivity contribution in [1.82, 2.24) is 4.90 Å². The van der Waals surface area contributed by atoms with Gasteiger partial charge in [-0.25, -0.2) is 0 Å². The van der Waals surface area contributed by atoms with Gasteiger partial charge in [0.2, 0.25) is 0 Å². The molecule has 0 aliphatic carbocycles. The number of halogens is 1. The van der Waals surface area contributed by atoms with Crippen LogP contribution >= 0.6 is 0 Å². The van der Waals surface area contributed by atoms with Gasteiger partial charge >= 0.3 is 12.7 Å². The highest BCUT2D eigenvalue weighted by molar-refractivity contribution is 6.76. The SMILES string of the molecule is CC(C)C1C(=O)O[B-](F)(c2ccccc2)/[N+]1=C/N(C)C. The zero-order valence-electron chi connectivity index (χ0n) is 12.3. The van der Waals surface area contributed by atoms with E-state index in [1.807, 2.05) is 13.8 Å². The zero-order valence-corrected chi connectivity index (χ0v) is 12.3. The van der Waals surface area contributed by atoms with E-state index in [0.29, 0.717) is 5.46 Å². The molecule has 2 unspecified atom stereocenters. The second-order valence-electron chi connectivity index (χ2n) is 5.71. The second kappa shape index (κ2) is 5.27. The Labute approximate surface area is 118 Å². The van der Waals surface area contributed by atoms with Gasteiger partial charge in [0.1, 0.15) is 0 Å². The van der Waals surface area contributed by atoms with E-state index in [9.17, 15) is 4.79 Å². The molecule has 0 N–H and O–H groups in total. The molecule has 108 valence electrons. The highest BCUT2D eigenvalue weighted by atomic mass is 19.1. The first-order chi connectivity index (χ1) is 9.36. The van der Waals surface area contributed by atoms with Gasteiger partial charge in [-0.15, -0.1) is 0 Å². The Balaban J connectivity index is 2.55. The molecule has 0 aromatic heterocycles. The van der Waals surface area contributed by atoms with Gasteiger partial charge in [0.05, 0.1) is 14.1 Å². The van der Waals surface area contributed by atoms with Crippen molar-refractivity contribution < 1.29 is 18.3 Å². The topological polar surface area (TPSA) is 32.6 Å². The molecule has 1 aromatic rings. The standard InChI is InChI=1S/C14H20BFN2O2/c1-11(2)13-14(19)20-15(16,18(13)10-17(3)4)12-8-6-5-7-9-12/h5-11,13H,1-4H3/b18-10+. The van der Waals surface area contributed by atoms with Crippen LogP contribution in [0.1, 0.15) is 13.8 Å². The Morgan fingerprint density at radius 1 is 1.35 bits per heavy atom. The van der Waals surface area contributed by atoms with Gasteiger partial charge in [0.25, 0.3) is 0 Å². The van der Waals surface area contributed by atoms with Crippen molar-refractivity contribution in [2.45, 2.75) is 19.9 Å². The summed E-state index contributed by atoms with van der Waals surface area (Å²) in [6.07, 6.45) is 1.60. The van der Waals surface area contributed by atoms with Crippen LogP contribution in [0.2, 0.25) is 0 Å². The lowest BCUT2D eigenvalue weighted by Gasteiger charge is -2.27. The molecule has 0 spiro atoms. The van der Waals surface area contributed by atoms with E-state index in [0.717, 1.165) is 0 Å². The smallest absolute Gasteiger partial charge is 0.567 e. The Bertz CT molecular complexity index is 533. The van der Waals surface area contributed by atoms with Crippen LogP contribution in [0.3, 0.4) is 0 Å². The highest BCUT2D eigenvalue weighted by Crippen LogP contribution is 2.25. The molecule has 20 heavy (non-hydrogen) atoms. The molecule has 1 aliphatic heterocycles. The second-order valence-corrected chi connectivity index (χ2v) is 5.71. The fourth-order valence-corrected chi connectivity index (χ4v) is 2.58. The van der Waals surface area contributed by atoms with Crippen molar-refractivity contribution in [2.75, 3.05) is 14.1 Å². The number of nitrogens with zero attached hydrogens (tertiary/aromatic N) is 2. The first kappa shape index (κ1) is 14.6. The third-order valence-electron chi connectivity index (χ3n) is 3.42. The largest absolute Gasteiger partial charge is 0.619 e. The number of rotatable bonds is 3. The lowest BCUT2D eigenvalue weighted by atomic mass is 9.66. The Kier molecular flexibility index (Phi) is 3.83. The van der Waals surface area contributed by atoms with Crippen LogP contribution < -0.4 is 5.46 Å². The number of hydrogen-bond acceptors (Lipinski definition) is 2. The van der Waals surface area contributed by atoms with Crippen LogP contribution in [0.15, 0.2) is 30.3 Å². The molecule has 6 heteroatoms. The minimum absolute atomic E-state index is 0.0399. The summed E-state index contributed by atoms with van der Waals surface area (Å²) in [5, 5.41) is 0. The minimum Gasteiger partial charge on any atom is -0.619 e. The number of hydrogen-bond donors (Lipinski definition) is 0. The van der Waals surface area contributed by atoms with E-state index in [2.05, 4.69) is 0 Å². The van der Waals surface area contributed by atoms with Gasteiger partial charge in [-0.2, -0.15) is 0 Å². The third-order valence-corrected chi connectivity index (χ3v) is 3.42. The Morgan fingerprint density at radius 3 is 2.45 bits per heavy atom. The van der Waals surface area contributed by atoms with E-state index in [4.69, 9.17) is 4.65 Å². The molecule has 2 atom stereocenters. The van der Waals surface area contributed by atoms with Crippen LogP contribution in [0.25, 0.3) is 0 Å². The summed E-state index contributed by atoms with van der Waals surface area (Å²) in [6.45, 7) is 0.749. The summed E-state index contributed by atoms with van der Waals surface area (Å²) in [6, 6.07) is 7.96. The predicted molar refractivity (Wildman–Crippen MR) is 77.7 cm³/mol. The number of carbonyl (C=O) groups excluding carboxylic acids is 1. The molecule has 4 nitrogen and oxygen atoms in total. The van der Waals surface area contributed by atoms with E-state index in [1.165, 1.54) is 4.49 Å². The maximum atomic E-state index is 15.4. The summed E-state index contributed by atoms with van der Waals surface area (Å²) in [5.41, 5.74) is 0.377. The van der Waals surface area contributed by atoms with Crippen LogP contribution in [0.4, 0.5) is 4.32 Å². The summed E-state index contributed by atoms with van der Waals surface area (Å²) >= 11 is 0. The summed E-state index contributed by atoms with van der Waals surface area (Å²) in [5.74, 6) is -0.550. The van der Waals surface area contributed by atoms with Gasteiger partial charge in [-0.05, 0) is 0 Å². The van der Waals surface area contributed by atoms with Crippen molar-refractivity contribution in [2.24, 2.45) is 5.92 Å². The first-order valence-corrected chi connectivity index (χ1v) is 6.77. The molecular weight excluding hydrogens is 258 g/mol. The number of carbonyl (C=O) groups is 1. The summed E-state index contributed by atoms with van der Waals surface area (Å²) in [4.78, 5) is 13.8. The van der Waals surface area contributed by atoms with Crippen LogP contribution in [0.5, 0.6) is 0 Å². The maximum absolute atomic E-state index is 15.4. The van der Waals surface area contributed by atoms with E-state index in [-0.39, 0.29) is 5.92 Å². The molecule has 1 aromatic carbocycles. The van der Waals surface area contributed by atoms with Gasteiger partial charge in [0, 0.05) is 5.92 Å². The Hall–Kier alpha value is -1.85. The van der Waals surface area contributed by atoms with E-state index < -0.39 is 18.8 Å². The highest BCUT2D eigenvalue weighted by Gasteiger charge is 2.54. The van der Waals surface area contributed by atoms with Crippen molar-refractivity contribution in [3.8, 4) is 0 Å². The van der Waals surface area contributed by atoms with E-state index in [1.54, 1.807) is 55.7 Å². The Morgan fingerprint density at radius 2 is 1.95 bits per heavy atom. The monoisotopic (exact) mass is 278 g/mol. The predicted octanol–water partition coefficient (Wildman–Crippen LogP) is 0.986. The van der Waals surface area contributed by atoms with Crippen molar-refractivity contribution >= 4 is 24.5 Å². The zero-order chi connectivity index (χ0) is 14.9. The molecule has 0 amide bonds. The van der Waals surface area contributed by atoms with E-state index >= 15 is 4.32 Å². The average molecular weight is 278 g/mol. The fraction of sp³-hybridized carbons (Fsp3) is 0.429. The summed E-state index contributed by atoms with van der Waals surface area (Å²) in [7, 11) is 3.59. The van der Waals surface area contributed by atoms with Gasteiger partial charge in [-0.1, -0.05) is 49.6 Å². The van der Waals surface area contributed by atoms with Gasteiger partial charge in [0.15, 0.2) is 12.4 Å². The molecule has 0 saturated carbocycles. The molecule has 0 bridgehead atoms. The molecular formula is C14H20BFN2O2. The van der Waals surface area contributed by atoms with Gasteiger partial charge in [-0.3, -0.25) is 9.69 Å². The lowest BCUT2D eigenvalue weighted by molar-refractivity contribution is -0.441. The van der Waals surface area contributed by atoms with Crippen molar-refractivity contribution in [3.05, 3.63) is 30.3 Å². The van der Waals surface area contributed by atoms with Crippen molar-refractivity contribution in [3.63, 3.8) is 0 Å². The number of benzene rings is 1. The van der Waals surface area contributed by atoms with Crippen LogP contribution in [-0.4, -0.2) is 48.6 Å². The lowest BCUT2D eigenvalue weighted by Crippen LogP contribution is -2.55. The molecule has 1 heterocycles. The maximum Gasteiger partial charge on any atom is 0.567 e. The summed E-state index contributed by atoms with van der Waals surface area (Å²) < 4.78 is 22.0. The van der Waals surface area contributed by atoms with Crippen molar-refractivity contribution in [1.29, 1.82) is 0 Å². The third kappa shape index (κ3) is 2.42. The molecule has 0 radical (unpaired) electrons. The average Bonchev–Trinajstić information content (AvgIpc) is 2.62. The fourth-order valence-electron chi connectivity index (χ4n) is 2.58. The first-order valence-electron chi connectivity index (χ1n) is 6.77.